The number of amides is 1. The summed E-state index contributed by atoms with van der Waals surface area (Å²) in [7, 11) is 1.73. The number of hydrogen-bond acceptors (Lipinski definition) is 5. The van der Waals surface area contributed by atoms with Gasteiger partial charge in [-0.2, -0.15) is 15.0 Å². The highest BCUT2D eigenvalue weighted by Gasteiger charge is 2.17. The van der Waals surface area contributed by atoms with Gasteiger partial charge in [0.2, 0.25) is 5.76 Å². The van der Waals surface area contributed by atoms with E-state index < -0.39 is 0 Å². The minimum Gasteiger partial charge on any atom is -0.436 e. The van der Waals surface area contributed by atoms with E-state index in [2.05, 4.69) is 20.5 Å². The maximum atomic E-state index is 12.2. The molecule has 3 aromatic rings. The fourth-order valence-corrected chi connectivity index (χ4v) is 2.06. The number of benzene rings is 1. The Kier molecular flexibility index (Phi) is 2.74. The van der Waals surface area contributed by atoms with E-state index in [4.69, 9.17) is 4.42 Å². The summed E-state index contributed by atoms with van der Waals surface area (Å²) in [4.78, 5) is 17.7. The van der Waals surface area contributed by atoms with Gasteiger partial charge in [-0.15, -0.1) is 0 Å². The molecule has 2 heterocycles. The van der Waals surface area contributed by atoms with Gasteiger partial charge in [0.1, 0.15) is 11.0 Å². The minimum atomic E-state index is -0.346. The molecule has 0 atom stereocenters. The summed E-state index contributed by atoms with van der Waals surface area (Å²) >= 11 is 0. The molecule has 20 heavy (non-hydrogen) atoms. The van der Waals surface area contributed by atoms with Gasteiger partial charge in [-0.05, 0) is 19.1 Å². The van der Waals surface area contributed by atoms with E-state index >= 15 is 0 Å². The molecule has 0 bridgehead atoms. The van der Waals surface area contributed by atoms with Crippen molar-refractivity contribution in [3.63, 3.8) is 0 Å². The van der Waals surface area contributed by atoms with E-state index in [9.17, 15) is 4.79 Å². The normalized spacial score (nSPS) is 10.9. The molecule has 3 rings (SSSR count). The van der Waals surface area contributed by atoms with Crippen LogP contribution in [0.3, 0.4) is 0 Å². The molecule has 0 saturated heterocycles. The molecule has 0 aliphatic carbocycles. The molecule has 0 fully saturated rings. The van der Waals surface area contributed by atoms with Crippen molar-refractivity contribution in [2.75, 3.05) is 5.32 Å². The van der Waals surface area contributed by atoms with Crippen molar-refractivity contribution in [1.82, 2.24) is 20.0 Å². The van der Waals surface area contributed by atoms with Crippen molar-refractivity contribution in [1.29, 1.82) is 0 Å². The lowest BCUT2D eigenvalue weighted by molar-refractivity contribution is 0.0994. The number of carbonyl (C=O) groups excluding carboxylic acids is 1. The first kappa shape index (κ1) is 12.3. The molecule has 0 unspecified atom stereocenters. The van der Waals surface area contributed by atoms with Crippen LogP contribution >= 0.6 is 0 Å². The zero-order chi connectivity index (χ0) is 14.3. The standard InChI is InChI=1S/C13H13N5O2/c1-7-12(20-8(2)14-7)13(19)15-9-5-4-6-10-11(9)17-18(3)16-10/h4-6H,1-3H3,(H,15,19). The lowest BCUT2D eigenvalue weighted by Gasteiger charge is -2.03. The Morgan fingerprint density at radius 1 is 1.30 bits per heavy atom. The fourth-order valence-electron chi connectivity index (χ4n) is 2.06. The summed E-state index contributed by atoms with van der Waals surface area (Å²) in [6.45, 7) is 3.43. The third-order valence-electron chi connectivity index (χ3n) is 2.87. The Bertz CT molecular complexity index is 802. The third-order valence-corrected chi connectivity index (χ3v) is 2.87. The highest BCUT2D eigenvalue weighted by molar-refractivity contribution is 6.06. The number of fused-ring (bicyclic) bond motifs is 1. The molecule has 7 heteroatoms. The van der Waals surface area contributed by atoms with Gasteiger partial charge in [0, 0.05) is 14.0 Å². The summed E-state index contributed by atoms with van der Waals surface area (Å²) < 4.78 is 5.30. The number of anilines is 1. The van der Waals surface area contributed by atoms with Gasteiger partial charge in [-0.25, -0.2) is 4.98 Å². The van der Waals surface area contributed by atoms with E-state index in [1.165, 1.54) is 4.80 Å². The van der Waals surface area contributed by atoms with Gasteiger partial charge < -0.3 is 9.73 Å². The predicted molar refractivity (Wildman–Crippen MR) is 72.4 cm³/mol. The number of oxazole rings is 1. The lowest BCUT2D eigenvalue weighted by atomic mass is 10.2. The first-order valence-electron chi connectivity index (χ1n) is 6.10. The number of nitrogens with zero attached hydrogens (tertiary/aromatic N) is 4. The quantitative estimate of drug-likeness (QED) is 0.768. The average molecular weight is 271 g/mol. The van der Waals surface area contributed by atoms with Crippen LogP contribution in [-0.4, -0.2) is 25.9 Å². The zero-order valence-electron chi connectivity index (χ0n) is 11.3. The van der Waals surface area contributed by atoms with Gasteiger partial charge in [0.15, 0.2) is 5.89 Å². The van der Waals surface area contributed by atoms with Crippen LogP contribution in [0.4, 0.5) is 5.69 Å². The monoisotopic (exact) mass is 271 g/mol. The molecule has 102 valence electrons. The maximum absolute atomic E-state index is 12.2. The van der Waals surface area contributed by atoms with Gasteiger partial charge in [0.25, 0.3) is 5.91 Å². The van der Waals surface area contributed by atoms with E-state index in [0.29, 0.717) is 22.8 Å². The van der Waals surface area contributed by atoms with Gasteiger partial charge in [-0.1, -0.05) is 6.07 Å². The zero-order valence-corrected chi connectivity index (χ0v) is 11.3. The SMILES string of the molecule is Cc1nc(C)c(C(=O)Nc2cccc3nn(C)nc23)o1. The van der Waals surface area contributed by atoms with Crippen LogP contribution in [0, 0.1) is 13.8 Å². The van der Waals surface area contributed by atoms with Crippen molar-refractivity contribution in [2.24, 2.45) is 7.05 Å². The molecule has 0 aliphatic heterocycles. The molecule has 0 saturated carbocycles. The van der Waals surface area contributed by atoms with E-state index in [-0.39, 0.29) is 11.7 Å². The minimum absolute atomic E-state index is 0.211. The second kappa shape index (κ2) is 4.44. The average Bonchev–Trinajstić information content (AvgIpc) is 2.91. The summed E-state index contributed by atoms with van der Waals surface area (Å²) in [6.07, 6.45) is 0. The summed E-state index contributed by atoms with van der Waals surface area (Å²) in [5.74, 6) is 0.329. The molecule has 2 aromatic heterocycles. The van der Waals surface area contributed by atoms with Crippen LogP contribution in [0.15, 0.2) is 22.6 Å². The van der Waals surface area contributed by atoms with Crippen LogP contribution in [0.1, 0.15) is 22.1 Å². The van der Waals surface area contributed by atoms with Crippen molar-refractivity contribution < 1.29 is 9.21 Å². The molecule has 1 N–H and O–H groups in total. The van der Waals surface area contributed by atoms with Crippen molar-refractivity contribution >= 4 is 22.6 Å². The first-order chi connectivity index (χ1) is 9.54. The van der Waals surface area contributed by atoms with Gasteiger partial charge in [-0.3, -0.25) is 4.79 Å². The number of aryl methyl sites for hydroxylation is 3. The second-order valence-electron chi connectivity index (χ2n) is 4.46. The van der Waals surface area contributed by atoms with Crippen molar-refractivity contribution in [3.8, 4) is 0 Å². The summed E-state index contributed by atoms with van der Waals surface area (Å²) in [6, 6.07) is 5.42. The summed E-state index contributed by atoms with van der Waals surface area (Å²) in [5.41, 5.74) is 2.51. The number of carbonyl (C=O) groups is 1. The largest absolute Gasteiger partial charge is 0.436 e. The van der Waals surface area contributed by atoms with Crippen LogP contribution in [-0.2, 0) is 7.05 Å². The highest BCUT2D eigenvalue weighted by atomic mass is 16.4. The Morgan fingerprint density at radius 3 is 2.80 bits per heavy atom. The third kappa shape index (κ3) is 2.03. The Balaban J connectivity index is 1.97. The molecule has 1 amide bonds. The molecule has 0 aliphatic rings. The Labute approximate surface area is 114 Å². The number of aromatic nitrogens is 4. The van der Waals surface area contributed by atoms with Crippen LogP contribution in [0.5, 0.6) is 0 Å². The summed E-state index contributed by atoms with van der Waals surface area (Å²) in [5, 5.41) is 11.2. The maximum Gasteiger partial charge on any atom is 0.293 e. The van der Waals surface area contributed by atoms with Gasteiger partial charge >= 0.3 is 0 Å². The number of rotatable bonds is 2. The van der Waals surface area contributed by atoms with Crippen molar-refractivity contribution in [2.45, 2.75) is 13.8 Å². The molecular formula is C13H13N5O2. The lowest BCUT2D eigenvalue weighted by Crippen LogP contribution is -2.12. The fraction of sp³-hybridized carbons (Fsp3) is 0.231. The molecule has 1 aromatic carbocycles. The molecule has 7 nitrogen and oxygen atoms in total. The van der Waals surface area contributed by atoms with Crippen LogP contribution in [0.2, 0.25) is 0 Å². The molecule has 0 spiro atoms. The van der Waals surface area contributed by atoms with Crippen LogP contribution < -0.4 is 5.32 Å². The smallest absolute Gasteiger partial charge is 0.293 e. The number of nitrogens with one attached hydrogen (secondary N) is 1. The van der Waals surface area contributed by atoms with Crippen LogP contribution in [0.25, 0.3) is 11.0 Å². The van der Waals surface area contributed by atoms with Crippen molar-refractivity contribution in [3.05, 3.63) is 35.5 Å². The topological polar surface area (TPSA) is 85.8 Å². The van der Waals surface area contributed by atoms with E-state index in [0.717, 1.165) is 5.52 Å². The predicted octanol–water partition coefficient (Wildman–Crippen LogP) is 1.83. The Morgan fingerprint density at radius 2 is 2.10 bits per heavy atom. The van der Waals surface area contributed by atoms with E-state index in [1.54, 1.807) is 27.0 Å². The highest BCUT2D eigenvalue weighted by Crippen LogP contribution is 2.21. The second-order valence-corrected chi connectivity index (χ2v) is 4.46. The molecule has 0 radical (unpaired) electrons. The van der Waals surface area contributed by atoms with Gasteiger partial charge in [0.05, 0.1) is 11.4 Å². The first-order valence-corrected chi connectivity index (χ1v) is 6.10. The van der Waals surface area contributed by atoms with E-state index in [1.807, 2.05) is 12.1 Å². The molecular weight excluding hydrogens is 258 g/mol. The number of hydrogen-bond donors (Lipinski definition) is 1. The Hall–Kier alpha value is -2.70.